The number of rotatable bonds is 6. The van der Waals surface area contributed by atoms with Crippen molar-refractivity contribution in [3.63, 3.8) is 0 Å². The smallest absolute Gasteiger partial charge is 0.0656 e. The highest BCUT2D eigenvalue weighted by molar-refractivity contribution is 6.88. The lowest BCUT2D eigenvalue weighted by Crippen LogP contribution is -2.37. The summed E-state index contributed by atoms with van der Waals surface area (Å²) >= 11 is 0. The fraction of sp³-hybridized carbons (Fsp3) is 0.600. The van der Waals surface area contributed by atoms with Gasteiger partial charge in [0, 0.05) is 0 Å². The third-order valence-corrected chi connectivity index (χ3v) is 5.20. The van der Waals surface area contributed by atoms with Gasteiger partial charge in [0.25, 0.3) is 0 Å². The van der Waals surface area contributed by atoms with Crippen molar-refractivity contribution in [2.75, 3.05) is 0 Å². The zero-order valence-electron chi connectivity index (χ0n) is 11.3. The molecule has 1 rings (SSSR count). The molecule has 0 saturated carbocycles. The predicted octanol–water partition coefficient (Wildman–Crippen LogP) is 4.35. The van der Waals surface area contributed by atoms with Crippen LogP contribution in [0.3, 0.4) is 0 Å². The van der Waals surface area contributed by atoms with Gasteiger partial charge >= 0.3 is 0 Å². The number of unbranched alkanes of at least 4 members (excludes halogenated alkanes) is 3. The predicted molar refractivity (Wildman–Crippen MR) is 77.3 cm³/mol. The van der Waals surface area contributed by atoms with Crippen molar-refractivity contribution in [1.29, 1.82) is 0 Å². The average molecular weight is 234 g/mol. The van der Waals surface area contributed by atoms with Crippen LogP contribution in [0.15, 0.2) is 24.3 Å². The van der Waals surface area contributed by atoms with Crippen LogP contribution >= 0.6 is 0 Å². The van der Waals surface area contributed by atoms with Gasteiger partial charge in [-0.1, -0.05) is 75.3 Å². The van der Waals surface area contributed by atoms with E-state index in [0.717, 1.165) is 0 Å². The molecule has 16 heavy (non-hydrogen) atoms. The third kappa shape index (κ3) is 4.52. The molecule has 0 atom stereocenters. The van der Waals surface area contributed by atoms with Crippen molar-refractivity contribution in [1.82, 2.24) is 0 Å². The average Bonchev–Trinajstić information content (AvgIpc) is 2.24. The minimum absolute atomic E-state index is 1.10. The molecule has 1 aromatic rings. The first-order valence-corrected chi connectivity index (χ1v) is 10.1. The molecule has 0 aromatic heterocycles. The normalized spacial score (nSPS) is 11.8. The molecule has 0 aliphatic carbocycles. The summed E-state index contributed by atoms with van der Waals surface area (Å²) in [6.45, 7) is 9.48. The van der Waals surface area contributed by atoms with Gasteiger partial charge in [-0.25, -0.2) is 0 Å². The van der Waals surface area contributed by atoms with E-state index in [2.05, 4.69) is 50.8 Å². The van der Waals surface area contributed by atoms with E-state index in [1.807, 2.05) is 0 Å². The van der Waals surface area contributed by atoms with Crippen LogP contribution in [0, 0.1) is 0 Å². The zero-order chi connectivity index (χ0) is 12.0. The molecule has 0 radical (unpaired) electrons. The summed E-state index contributed by atoms with van der Waals surface area (Å²) in [6, 6.07) is 9.36. The third-order valence-electron chi connectivity index (χ3n) is 3.14. The number of aryl methyl sites for hydroxylation is 1. The molecule has 0 heterocycles. The molecule has 0 nitrogen and oxygen atoms in total. The van der Waals surface area contributed by atoms with E-state index >= 15 is 0 Å². The van der Waals surface area contributed by atoms with Crippen LogP contribution in [0.1, 0.15) is 38.2 Å². The molecule has 0 aliphatic heterocycles. The summed E-state index contributed by atoms with van der Waals surface area (Å²) in [5, 5.41) is 1.57. The van der Waals surface area contributed by atoms with Crippen molar-refractivity contribution in [2.45, 2.75) is 58.7 Å². The van der Waals surface area contributed by atoms with Gasteiger partial charge in [0.1, 0.15) is 0 Å². The maximum atomic E-state index is 2.41. The van der Waals surface area contributed by atoms with Crippen LogP contribution < -0.4 is 5.19 Å². The Balaban J connectivity index is 2.46. The van der Waals surface area contributed by atoms with Gasteiger partial charge < -0.3 is 0 Å². The summed E-state index contributed by atoms with van der Waals surface area (Å²) in [5.41, 5.74) is 1.51. The minimum atomic E-state index is -1.10. The lowest BCUT2D eigenvalue weighted by molar-refractivity contribution is 0.667. The van der Waals surface area contributed by atoms with Crippen LogP contribution in [0.2, 0.25) is 19.6 Å². The van der Waals surface area contributed by atoms with Crippen LogP contribution in [-0.4, -0.2) is 8.07 Å². The molecular formula is C15H26Si. The highest BCUT2D eigenvalue weighted by atomic mass is 28.3. The van der Waals surface area contributed by atoms with E-state index in [-0.39, 0.29) is 0 Å². The van der Waals surface area contributed by atoms with Crippen molar-refractivity contribution < 1.29 is 0 Å². The van der Waals surface area contributed by atoms with Crippen LogP contribution in [-0.2, 0) is 6.42 Å². The standard InChI is InChI=1S/C15H26Si/c1-5-6-7-8-9-14-10-12-15(13-11-14)16(2,3)4/h10-13H,5-9H2,1-4H3. The first kappa shape index (κ1) is 13.5. The Morgan fingerprint density at radius 2 is 1.50 bits per heavy atom. The fourth-order valence-corrected chi connectivity index (χ4v) is 3.09. The lowest BCUT2D eigenvalue weighted by Gasteiger charge is -2.16. The van der Waals surface area contributed by atoms with E-state index in [1.54, 1.807) is 5.19 Å². The summed E-state index contributed by atoms with van der Waals surface area (Å²) in [6.07, 6.45) is 6.69. The molecule has 0 saturated heterocycles. The van der Waals surface area contributed by atoms with Gasteiger partial charge in [0.2, 0.25) is 0 Å². The Morgan fingerprint density at radius 3 is 2.00 bits per heavy atom. The Labute approximate surface area is 102 Å². The van der Waals surface area contributed by atoms with Crippen molar-refractivity contribution in [3.8, 4) is 0 Å². The minimum Gasteiger partial charge on any atom is -0.0656 e. The Hall–Kier alpha value is -0.563. The van der Waals surface area contributed by atoms with Crippen molar-refractivity contribution >= 4 is 13.3 Å². The van der Waals surface area contributed by atoms with E-state index < -0.39 is 8.07 Å². The van der Waals surface area contributed by atoms with Crippen LogP contribution in [0.25, 0.3) is 0 Å². The zero-order valence-corrected chi connectivity index (χ0v) is 12.3. The van der Waals surface area contributed by atoms with Gasteiger partial charge in [-0.15, -0.1) is 0 Å². The van der Waals surface area contributed by atoms with E-state index in [1.165, 1.54) is 37.7 Å². The van der Waals surface area contributed by atoms with E-state index in [4.69, 9.17) is 0 Å². The molecule has 90 valence electrons. The largest absolute Gasteiger partial charge is 0.0775 e. The molecule has 0 bridgehead atoms. The quantitative estimate of drug-likeness (QED) is 0.507. The van der Waals surface area contributed by atoms with E-state index in [9.17, 15) is 0 Å². The first-order valence-electron chi connectivity index (χ1n) is 6.63. The first-order chi connectivity index (χ1) is 7.54. The topological polar surface area (TPSA) is 0 Å². The molecule has 0 amide bonds. The SMILES string of the molecule is CCCCCCc1ccc([Si](C)(C)C)cc1. The number of benzene rings is 1. The van der Waals surface area contributed by atoms with Crippen LogP contribution in [0.5, 0.6) is 0 Å². The van der Waals surface area contributed by atoms with Gasteiger partial charge in [0.15, 0.2) is 0 Å². The van der Waals surface area contributed by atoms with Gasteiger partial charge in [-0.2, -0.15) is 0 Å². The second-order valence-corrected chi connectivity index (χ2v) is 10.8. The summed E-state index contributed by atoms with van der Waals surface area (Å²) in [5.74, 6) is 0. The second-order valence-electron chi connectivity index (χ2n) is 5.76. The Kier molecular flexibility index (Phi) is 5.27. The molecule has 1 aromatic carbocycles. The summed E-state index contributed by atoms with van der Waals surface area (Å²) < 4.78 is 0. The van der Waals surface area contributed by atoms with Crippen LogP contribution in [0.4, 0.5) is 0 Å². The Bertz CT molecular complexity index is 292. The van der Waals surface area contributed by atoms with Gasteiger partial charge in [0.05, 0.1) is 8.07 Å². The van der Waals surface area contributed by atoms with Crippen molar-refractivity contribution in [2.24, 2.45) is 0 Å². The highest BCUT2D eigenvalue weighted by Crippen LogP contribution is 2.09. The maximum absolute atomic E-state index is 2.41. The summed E-state index contributed by atoms with van der Waals surface area (Å²) in [4.78, 5) is 0. The molecule has 0 spiro atoms. The number of hydrogen-bond donors (Lipinski definition) is 0. The monoisotopic (exact) mass is 234 g/mol. The van der Waals surface area contributed by atoms with Gasteiger partial charge in [-0.05, 0) is 18.4 Å². The molecule has 0 unspecified atom stereocenters. The van der Waals surface area contributed by atoms with E-state index in [0.29, 0.717) is 0 Å². The maximum Gasteiger partial charge on any atom is 0.0775 e. The molecule has 0 N–H and O–H groups in total. The highest BCUT2D eigenvalue weighted by Gasteiger charge is 2.15. The lowest BCUT2D eigenvalue weighted by atomic mass is 10.1. The fourth-order valence-electron chi connectivity index (χ4n) is 1.93. The molecule has 1 heteroatoms. The van der Waals surface area contributed by atoms with Gasteiger partial charge in [-0.3, -0.25) is 0 Å². The second kappa shape index (κ2) is 6.24. The molecule has 0 fully saturated rings. The number of hydrogen-bond acceptors (Lipinski definition) is 0. The Morgan fingerprint density at radius 1 is 0.875 bits per heavy atom. The summed E-state index contributed by atoms with van der Waals surface area (Å²) in [7, 11) is -1.10. The van der Waals surface area contributed by atoms with Crippen molar-refractivity contribution in [3.05, 3.63) is 29.8 Å². The molecular weight excluding hydrogens is 208 g/mol. The molecule has 0 aliphatic rings.